The van der Waals surface area contributed by atoms with Crippen LogP contribution in [0.3, 0.4) is 0 Å². The minimum Gasteiger partial charge on any atom is -0.492 e. The molecule has 2 heterocycles. The van der Waals surface area contributed by atoms with Gasteiger partial charge in [-0.05, 0) is 13.1 Å². The first-order chi connectivity index (χ1) is 10.3. The van der Waals surface area contributed by atoms with Gasteiger partial charge in [-0.15, -0.1) is 0 Å². The lowest BCUT2D eigenvalue weighted by atomic mass is 10.0. The molecule has 0 saturated heterocycles. The summed E-state index contributed by atoms with van der Waals surface area (Å²) in [5.74, 6) is 2.25. The number of benzene rings is 1. The molecule has 2 atom stereocenters. The summed E-state index contributed by atoms with van der Waals surface area (Å²) in [6, 6.07) is 8.13. The maximum atomic E-state index is 5.66. The van der Waals surface area contributed by atoms with Gasteiger partial charge in [0.2, 0.25) is 5.89 Å². The number of methoxy groups -OCH3 is 1. The fourth-order valence-corrected chi connectivity index (χ4v) is 2.53. The molecule has 6 heteroatoms. The van der Waals surface area contributed by atoms with Crippen LogP contribution in [0.1, 0.15) is 23.2 Å². The zero-order valence-corrected chi connectivity index (χ0v) is 12.2. The highest BCUT2D eigenvalue weighted by atomic mass is 16.5. The average molecular weight is 289 g/mol. The number of aromatic nitrogens is 2. The van der Waals surface area contributed by atoms with Crippen LogP contribution in [-0.4, -0.2) is 43.6 Å². The molecule has 3 rings (SSSR count). The second kappa shape index (κ2) is 6.24. The molecule has 1 aromatic carbocycles. The summed E-state index contributed by atoms with van der Waals surface area (Å²) in [6.07, 6.45) is 0.645. The SMILES string of the molecule is CNC(COC)Cc1nc(C2COc3ccccc32)no1. The highest BCUT2D eigenvalue weighted by molar-refractivity contribution is 5.42. The van der Waals surface area contributed by atoms with Crippen LogP contribution in [0.15, 0.2) is 28.8 Å². The predicted molar refractivity (Wildman–Crippen MR) is 76.5 cm³/mol. The number of rotatable bonds is 6. The molecule has 0 fully saturated rings. The van der Waals surface area contributed by atoms with Crippen LogP contribution >= 0.6 is 0 Å². The van der Waals surface area contributed by atoms with Crippen molar-refractivity contribution in [1.82, 2.24) is 15.5 Å². The molecule has 0 saturated carbocycles. The normalized spacial score (nSPS) is 18.3. The van der Waals surface area contributed by atoms with Crippen molar-refractivity contribution >= 4 is 0 Å². The summed E-state index contributed by atoms with van der Waals surface area (Å²) in [6.45, 7) is 1.16. The fraction of sp³-hybridized carbons (Fsp3) is 0.467. The summed E-state index contributed by atoms with van der Waals surface area (Å²) < 4.78 is 16.2. The lowest BCUT2D eigenvalue weighted by Gasteiger charge is -2.11. The largest absolute Gasteiger partial charge is 0.492 e. The molecule has 2 unspecified atom stereocenters. The molecule has 112 valence electrons. The number of nitrogens with zero attached hydrogens (tertiary/aromatic N) is 2. The van der Waals surface area contributed by atoms with E-state index in [0.29, 0.717) is 31.3 Å². The Balaban J connectivity index is 1.74. The summed E-state index contributed by atoms with van der Waals surface area (Å²) in [5.41, 5.74) is 1.12. The van der Waals surface area contributed by atoms with E-state index in [1.165, 1.54) is 0 Å². The van der Waals surface area contributed by atoms with Crippen molar-refractivity contribution in [2.24, 2.45) is 0 Å². The maximum Gasteiger partial charge on any atom is 0.228 e. The zero-order valence-electron chi connectivity index (χ0n) is 12.2. The van der Waals surface area contributed by atoms with Gasteiger partial charge in [-0.1, -0.05) is 23.4 Å². The number of para-hydroxylation sites is 1. The van der Waals surface area contributed by atoms with E-state index in [0.717, 1.165) is 11.3 Å². The Morgan fingerprint density at radius 2 is 2.29 bits per heavy atom. The Hall–Kier alpha value is -1.92. The summed E-state index contributed by atoms with van der Waals surface area (Å²) in [5, 5.41) is 7.28. The van der Waals surface area contributed by atoms with Crippen LogP contribution in [0.2, 0.25) is 0 Å². The zero-order chi connectivity index (χ0) is 14.7. The molecule has 2 aromatic rings. The quantitative estimate of drug-likeness (QED) is 0.866. The van der Waals surface area contributed by atoms with Gasteiger partial charge in [0.25, 0.3) is 0 Å². The summed E-state index contributed by atoms with van der Waals surface area (Å²) in [4.78, 5) is 4.51. The van der Waals surface area contributed by atoms with Gasteiger partial charge in [-0.25, -0.2) is 0 Å². The number of nitrogens with one attached hydrogen (secondary N) is 1. The third-order valence-electron chi connectivity index (χ3n) is 3.69. The van der Waals surface area contributed by atoms with Gasteiger partial charge < -0.3 is 19.3 Å². The Bertz CT molecular complexity index is 599. The van der Waals surface area contributed by atoms with Gasteiger partial charge in [0.15, 0.2) is 5.82 Å². The van der Waals surface area contributed by atoms with Crippen LogP contribution < -0.4 is 10.1 Å². The van der Waals surface area contributed by atoms with Crippen molar-refractivity contribution in [3.63, 3.8) is 0 Å². The minimum absolute atomic E-state index is 0.0501. The van der Waals surface area contributed by atoms with Gasteiger partial charge in [-0.3, -0.25) is 0 Å². The maximum absolute atomic E-state index is 5.66. The van der Waals surface area contributed by atoms with E-state index in [1.54, 1.807) is 7.11 Å². The van der Waals surface area contributed by atoms with Crippen LogP contribution in [0, 0.1) is 0 Å². The molecule has 0 radical (unpaired) electrons. The Morgan fingerprint density at radius 3 is 3.10 bits per heavy atom. The number of likely N-dealkylation sites (N-methyl/N-ethyl adjacent to an activating group) is 1. The van der Waals surface area contributed by atoms with Gasteiger partial charge in [0, 0.05) is 25.1 Å². The van der Waals surface area contributed by atoms with E-state index in [4.69, 9.17) is 14.0 Å². The summed E-state index contributed by atoms with van der Waals surface area (Å²) >= 11 is 0. The standard InChI is InChI=1S/C15H19N3O3/c1-16-10(8-19-2)7-14-17-15(18-21-14)12-9-20-13-6-4-3-5-11(12)13/h3-6,10,12,16H,7-9H2,1-2H3. The number of fused-ring (bicyclic) bond motifs is 1. The van der Waals surface area contributed by atoms with Gasteiger partial charge >= 0.3 is 0 Å². The van der Waals surface area contributed by atoms with Crippen molar-refractivity contribution in [2.45, 2.75) is 18.4 Å². The third kappa shape index (κ3) is 2.91. The Labute approximate surface area is 123 Å². The molecule has 1 aliphatic heterocycles. The molecule has 21 heavy (non-hydrogen) atoms. The topological polar surface area (TPSA) is 69.4 Å². The van der Waals surface area contributed by atoms with E-state index >= 15 is 0 Å². The van der Waals surface area contributed by atoms with Crippen molar-refractivity contribution < 1.29 is 14.0 Å². The smallest absolute Gasteiger partial charge is 0.228 e. The van der Waals surface area contributed by atoms with E-state index in [2.05, 4.69) is 15.5 Å². The van der Waals surface area contributed by atoms with Crippen LogP contribution in [0.25, 0.3) is 0 Å². The first-order valence-electron chi connectivity index (χ1n) is 7.02. The average Bonchev–Trinajstić information content (AvgIpc) is 3.13. The van der Waals surface area contributed by atoms with E-state index < -0.39 is 0 Å². The number of hydrogen-bond donors (Lipinski definition) is 1. The fourth-order valence-electron chi connectivity index (χ4n) is 2.53. The number of hydrogen-bond acceptors (Lipinski definition) is 6. The van der Waals surface area contributed by atoms with Crippen molar-refractivity contribution in [3.8, 4) is 5.75 Å². The Kier molecular flexibility index (Phi) is 4.17. The summed E-state index contributed by atoms with van der Waals surface area (Å²) in [7, 11) is 3.57. The van der Waals surface area contributed by atoms with Crippen molar-refractivity contribution in [3.05, 3.63) is 41.5 Å². The Morgan fingerprint density at radius 1 is 1.43 bits per heavy atom. The highest BCUT2D eigenvalue weighted by Gasteiger charge is 2.29. The van der Waals surface area contributed by atoms with Gasteiger partial charge in [-0.2, -0.15) is 4.98 Å². The molecular weight excluding hydrogens is 270 g/mol. The van der Waals surface area contributed by atoms with Gasteiger partial charge in [0.1, 0.15) is 12.4 Å². The van der Waals surface area contributed by atoms with Crippen molar-refractivity contribution in [1.29, 1.82) is 0 Å². The molecule has 6 nitrogen and oxygen atoms in total. The molecule has 0 bridgehead atoms. The third-order valence-corrected chi connectivity index (χ3v) is 3.69. The lowest BCUT2D eigenvalue weighted by Crippen LogP contribution is -2.32. The van der Waals surface area contributed by atoms with Crippen LogP contribution in [0.4, 0.5) is 0 Å². The molecule has 0 aliphatic carbocycles. The molecule has 0 spiro atoms. The second-order valence-electron chi connectivity index (χ2n) is 5.09. The minimum atomic E-state index is 0.0501. The number of ether oxygens (including phenoxy) is 2. The lowest BCUT2D eigenvalue weighted by molar-refractivity contribution is 0.165. The van der Waals surface area contributed by atoms with Crippen molar-refractivity contribution in [2.75, 3.05) is 27.4 Å². The highest BCUT2D eigenvalue weighted by Crippen LogP contribution is 2.36. The first-order valence-corrected chi connectivity index (χ1v) is 7.02. The first kappa shape index (κ1) is 14.0. The molecule has 1 N–H and O–H groups in total. The molecular formula is C15H19N3O3. The van der Waals surface area contributed by atoms with E-state index in [9.17, 15) is 0 Å². The monoisotopic (exact) mass is 289 g/mol. The predicted octanol–water partition coefficient (Wildman–Crippen LogP) is 1.37. The second-order valence-corrected chi connectivity index (χ2v) is 5.09. The van der Waals surface area contributed by atoms with Gasteiger partial charge in [0.05, 0.1) is 12.5 Å². The van der Waals surface area contributed by atoms with E-state index in [1.807, 2.05) is 31.3 Å². The van der Waals surface area contributed by atoms with E-state index in [-0.39, 0.29) is 12.0 Å². The molecule has 0 amide bonds. The van der Waals surface area contributed by atoms with Crippen LogP contribution in [-0.2, 0) is 11.2 Å². The van der Waals surface area contributed by atoms with Crippen LogP contribution in [0.5, 0.6) is 5.75 Å². The molecule has 1 aliphatic rings. The molecule has 1 aromatic heterocycles.